The van der Waals surface area contributed by atoms with Crippen LogP contribution in [-0.4, -0.2) is 39.2 Å². The second-order valence-electron chi connectivity index (χ2n) is 7.18. The maximum atomic E-state index is 13.1. The Labute approximate surface area is 168 Å². The molecule has 0 unspecified atom stereocenters. The van der Waals surface area contributed by atoms with Crippen LogP contribution in [0.3, 0.4) is 0 Å². The Kier molecular flexibility index (Phi) is 5.05. The molecule has 1 fully saturated rings. The van der Waals surface area contributed by atoms with Gasteiger partial charge >= 0.3 is 0 Å². The molecule has 1 aliphatic rings. The van der Waals surface area contributed by atoms with Gasteiger partial charge in [0.05, 0.1) is 5.52 Å². The third-order valence-electron chi connectivity index (χ3n) is 5.13. The third-order valence-corrected chi connectivity index (χ3v) is 5.38. The Morgan fingerprint density at radius 3 is 2.54 bits per heavy atom. The van der Waals surface area contributed by atoms with E-state index in [2.05, 4.69) is 17.2 Å². The van der Waals surface area contributed by atoms with Gasteiger partial charge in [0, 0.05) is 30.0 Å². The van der Waals surface area contributed by atoms with Gasteiger partial charge in [-0.2, -0.15) is 0 Å². The minimum atomic E-state index is -0.380. The molecule has 0 bridgehead atoms. The van der Waals surface area contributed by atoms with Crippen molar-refractivity contribution in [3.05, 3.63) is 65.2 Å². The summed E-state index contributed by atoms with van der Waals surface area (Å²) >= 11 is 5.89. The molecule has 0 saturated carbocycles. The second-order valence-corrected chi connectivity index (χ2v) is 7.61. The van der Waals surface area contributed by atoms with Crippen LogP contribution in [0.2, 0.25) is 5.02 Å². The molecule has 0 spiro atoms. The Bertz CT molecular complexity index is 1020. The number of likely N-dealkylation sites (tertiary alicyclic amines) is 1. The molecule has 28 heavy (non-hydrogen) atoms. The van der Waals surface area contributed by atoms with Gasteiger partial charge in [-0.25, -0.2) is 4.98 Å². The highest BCUT2D eigenvalue weighted by Crippen LogP contribution is 2.21. The normalized spacial score (nSPS) is 15.0. The van der Waals surface area contributed by atoms with Crippen molar-refractivity contribution >= 4 is 34.6 Å². The minimum Gasteiger partial charge on any atom is -0.337 e. The van der Waals surface area contributed by atoms with Gasteiger partial charge in [0.2, 0.25) is 5.82 Å². The number of pyridine rings is 1. The van der Waals surface area contributed by atoms with E-state index < -0.39 is 0 Å². The van der Waals surface area contributed by atoms with Gasteiger partial charge < -0.3 is 10.2 Å². The summed E-state index contributed by atoms with van der Waals surface area (Å²) in [5.74, 6) is 0.304. The number of hydrogen-bond acceptors (Lipinski definition) is 3. The number of amides is 2. The monoisotopic (exact) mass is 396 g/mol. The standard InChI is InChI=1S/C21H21ClN4O2/c1-14-9-12-25(13-10-14)21(28)18-17-4-2-3-11-26(17)19(24-18)20(27)23-16-7-5-15(22)6-8-16/h2-8,11,14H,9-10,12-13H2,1H3,(H,23,27). The summed E-state index contributed by atoms with van der Waals surface area (Å²) in [6.07, 6.45) is 3.72. The fourth-order valence-corrected chi connectivity index (χ4v) is 3.56. The summed E-state index contributed by atoms with van der Waals surface area (Å²) < 4.78 is 1.66. The Balaban J connectivity index is 1.65. The molecule has 7 heteroatoms. The number of imidazole rings is 1. The molecule has 0 atom stereocenters. The number of nitrogens with one attached hydrogen (secondary N) is 1. The molecule has 6 nitrogen and oxygen atoms in total. The van der Waals surface area contributed by atoms with Crippen molar-refractivity contribution in [2.45, 2.75) is 19.8 Å². The molecule has 2 amide bonds. The number of anilines is 1. The van der Waals surface area contributed by atoms with Gasteiger partial charge in [0.25, 0.3) is 11.8 Å². The molecule has 1 aromatic carbocycles. The zero-order valence-electron chi connectivity index (χ0n) is 15.6. The van der Waals surface area contributed by atoms with E-state index in [0.717, 1.165) is 25.9 Å². The van der Waals surface area contributed by atoms with Gasteiger partial charge in [-0.1, -0.05) is 24.6 Å². The first-order chi connectivity index (χ1) is 13.5. The van der Waals surface area contributed by atoms with Crippen LogP contribution in [0.5, 0.6) is 0 Å². The van der Waals surface area contributed by atoms with Gasteiger partial charge in [0.15, 0.2) is 5.69 Å². The zero-order chi connectivity index (χ0) is 19.7. The first kappa shape index (κ1) is 18.5. The van der Waals surface area contributed by atoms with Crippen LogP contribution in [0, 0.1) is 5.92 Å². The predicted octanol–water partition coefficient (Wildman–Crippen LogP) is 4.11. The molecule has 1 saturated heterocycles. The molecule has 144 valence electrons. The van der Waals surface area contributed by atoms with E-state index in [1.54, 1.807) is 34.9 Å². The van der Waals surface area contributed by atoms with Crippen molar-refractivity contribution in [2.24, 2.45) is 5.92 Å². The number of benzene rings is 1. The molecule has 0 radical (unpaired) electrons. The number of nitrogens with zero attached hydrogens (tertiary/aromatic N) is 3. The fourth-order valence-electron chi connectivity index (χ4n) is 3.44. The number of aromatic nitrogens is 2. The van der Waals surface area contributed by atoms with Crippen molar-refractivity contribution in [1.29, 1.82) is 0 Å². The lowest BCUT2D eigenvalue weighted by molar-refractivity contribution is 0.0694. The third kappa shape index (κ3) is 3.60. The number of halogens is 1. The van der Waals surface area contributed by atoms with E-state index in [-0.39, 0.29) is 17.6 Å². The van der Waals surface area contributed by atoms with Gasteiger partial charge in [-0.15, -0.1) is 0 Å². The second kappa shape index (κ2) is 7.64. The fraction of sp³-hybridized carbons (Fsp3) is 0.286. The predicted molar refractivity (Wildman–Crippen MR) is 109 cm³/mol. The summed E-state index contributed by atoms with van der Waals surface area (Å²) in [6, 6.07) is 12.3. The Morgan fingerprint density at radius 1 is 1.11 bits per heavy atom. The first-order valence-corrected chi connectivity index (χ1v) is 9.74. The number of carbonyl (C=O) groups is 2. The maximum absolute atomic E-state index is 13.1. The van der Waals surface area contributed by atoms with Crippen LogP contribution in [0.1, 0.15) is 40.9 Å². The van der Waals surface area contributed by atoms with Crippen LogP contribution in [0.25, 0.3) is 5.52 Å². The molecule has 0 aliphatic carbocycles. The SMILES string of the molecule is CC1CCN(C(=O)c2nc(C(=O)Nc3ccc(Cl)cc3)n3ccccc23)CC1. The molecule has 1 aliphatic heterocycles. The summed E-state index contributed by atoms with van der Waals surface area (Å²) in [7, 11) is 0. The van der Waals surface area contributed by atoms with Crippen molar-refractivity contribution < 1.29 is 9.59 Å². The molecule has 4 rings (SSSR count). The maximum Gasteiger partial charge on any atom is 0.292 e. The highest BCUT2D eigenvalue weighted by Gasteiger charge is 2.27. The van der Waals surface area contributed by atoms with Crippen LogP contribution in [0.15, 0.2) is 48.7 Å². The largest absolute Gasteiger partial charge is 0.337 e. The lowest BCUT2D eigenvalue weighted by Crippen LogP contribution is -2.38. The highest BCUT2D eigenvalue weighted by molar-refractivity contribution is 6.30. The van der Waals surface area contributed by atoms with Gasteiger partial charge in [-0.05, 0) is 55.2 Å². The Hall–Kier alpha value is -2.86. The number of rotatable bonds is 3. The van der Waals surface area contributed by atoms with E-state index in [0.29, 0.717) is 27.8 Å². The zero-order valence-corrected chi connectivity index (χ0v) is 16.3. The summed E-state index contributed by atoms with van der Waals surface area (Å²) in [5, 5.41) is 3.40. The number of piperidine rings is 1. The van der Waals surface area contributed by atoms with Crippen LogP contribution in [0.4, 0.5) is 5.69 Å². The van der Waals surface area contributed by atoms with Crippen molar-refractivity contribution in [3.8, 4) is 0 Å². The summed E-state index contributed by atoms with van der Waals surface area (Å²) in [4.78, 5) is 32.1. The van der Waals surface area contributed by atoms with E-state index >= 15 is 0 Å². The van der Waals surface area contributed by atoms with Gasteiger partial charge in [-0.3, -0.25) is 14.0 Å². The summed E-state index contributed by atoms with van der Waals surface area (Å²) in [5.41, 5.74) is 1.56. The van der Waals surface area contributed by atoms with E-state index in [1.807, 2.05) is 23.1 Å². The average molecular weight is 397 g/mol. The number of fused-ring (bicyclic) bond motifs is 1. The van der Waals surface area contributed by atoms with Gasteiger partial charge in [0.1, 0.15) is 0 Å². The lowest BCUT2D eigenvalue weighted by Gasteiger charge is -2.29. The quantitative estimate of drug-likeness (QED) is 0.724. The molecule has 3 heterocycles. The van der Waals surface area contributed by atoms with Crippen LogP contribution in [-0.2, 0) is 0 Å². The molecular formula is C21H21ClN4O2. The van der Waals surface area contributed by atoms with Crippen molar-refractivity contribution in [3.63, 3.8) is 0 Å². The lowest BCUT2D eigenvalue weighted by atomic mass is 9.99. The molecule has 3 aromatic rings. The molecular weight excluding hydrogens is 376 g/mol. The number of hydrogen-bond donors (Lipinski definition) is 1. The first-order valence-electron chi connectivity index (χ1n) is 9.36. The topological polar surface area (TPSA) is 66.7 Å². The van der Waals surface area contributed by atoms with Crippen molar-refractivity contribution in [1.82, 2.24) is 14.3 Å². The smallest absolute Gasteiger partial charge is 0.292 e. The van der Waals surface area contributed by atoms with Crippen LogP contribution < -0.4 is 5.32 Å². The highest BCUT2D eigenvalue weighted by atomic mass is 35.5. The minimum absolute atomic E-state index is 0.124. The van der Waals surface area contributed by atoms with Crippen molar-refractivity contribution in [2.75, 3.05) is 18.4 Å². The van der Waals surface area contributed by atoms with Crippen LogP contribution >= 0.6 is 11.6 Å². The summed E-state index contributed by atoms with van der Waals surface area (Å²) in [6.45, 7) is 3.64. The number of carbonyl (C=O) groups excluding carboxylic acids is 2. The van der Waals surface area contributed by atoms with E-state index in [4.69, 9.17) is 11.6 Å². The van der Waals surface area contributed by atoms with E-state index in [1.165, 1.54) is 0 Å². The Morgan fingerprint density at radius 2 is 1.82 bits per heavy atom. The average Bonchev–Trinajstić information content (AvgIpc) is 3.10. The van der Waals surface area contributed by atoms with E-state index in [9.17, 15) is 9.59 Å². The molecule has 1 N–H and O–H groups in total. The molecule has 2 aromatic heterocycles.